The predicted molar refractivity (Wildman–Crippen MR) is 70.7 cm³/mol. The highest BCUT2D eigenvalue weighted by Crippen LogP contribution is 2.35. The normalized spacial score (nSPS) is 18.1. The summed E-state index contributed by atoms with van der Waals surface area (Å²) in [6.45, 7) is 1.24. The second-order valence-corrected chi connectivity index (χ2v) is 4.70. The zero-order valence-electron chi connectivity index (χ0n) is 11.2. The maximum Gasteiger partial charge on any atom is 0.260 e. The van der Waals surface area contributed by atoms with Crippen LogP contribution in [0.1, 0.15) is 18.7 Å². The highest BCUT2D eigenvalue weighted by Gasteiger charge is 2.39. The van der Waals surface area contributed by atoms with E-state index < -0.39 is 5.60 Å². The number of hydrogen-bond acceptors (Lipinski definition) is 7. The summed E-state index contributed by atoms with van der Waals surface area (Å²) in [6.07, 6.45) is 4.60. The third kappa shape index (κ3) is 2.14. The van der Waals surface area contributed by atoms with Crippen LogP contribution < -0.4 is 5.73 Å². The van der Waals surface area contributed by atoms with Gasteiger partial charge in [0.15, 0.2) is 0 Å². The molecular formula is C13H16N4O3. The number of aromatic nitrogens is 3. The van der Waals surface area contributed by atoms with Gasteiger partial charge in [-0.25, -0.2) is 0 Å². The largest absolute Gasteiger partial charge is 0.397 e. The third-order valence-corrected chi connectivity index (χ3v) is 3.61. The van der Waals surface area contributed by atoms with Gasteiger partial charge in [0.05, 0.1) is 17.4 Å². The van der Waals surface area contributed by atoms with Gasteiger partial charge in [-0.15, -0.1) is 0 Å². The van der Waals surface area contributed by atoms with E-state index in [9.17, 15) is 0 Å². The zero-order chi connectivity index (χ0) is 14.0. The maximum atomic E-state index is 5.86. The fourth-order valence-corrected chi connectivity index (χ4v) is 2.34. The molecule has 2 aromatic rings. The van der Waals surface area contributed by atoms with Crippen LogP contribution >= 0.6 is 0 Å². The second-order valence-electron chi connectivity index (χ2n) is 4.70. The molecule has 0 bridgehead atoms. The lowest BCUT2D eigenvalue weighted by atomic mass is 9.93. The van der Waals surface area contributed by atoms with Gasteiger partial charge < -0.3 is 19.7 Å². The van der Waals surface area contributed by atoms with E-state index in [2.05, 4.69) is 15.1 Å². The summed E-state index contributed by atoms with van der Waals surface area (Å²) in [6, 6.07) is 1.75. The van der Waals surface area contributed by atoms with Gasteiger partial charge >= 0.3 is 0 Å². The number of ether oxygens (including phenoxy) is 2. The van der Waals surface area contributed by atoms with Crippen molar-refractivity contribution in [1.82, 2.24) is 15.1 Å². The first kappa shape index (κ1) is 13.0. The Bertz CT molecular complexity index is 593. The Morgan fingerprint density at radius 1 is 1.35 bits per heavy atom. The second kappa shape index (κ2) is 5.18. The van der Waals surface area contributed by atoms with Gasteiger partial charge in [0.1, 0.15) is 5.60 Å². The molecule has 0 saturated carbocycles. The quantitative estimate of drug-likeness (QED) is 0.904. The molecule has 0 radical (unpaired) electrons. The van der Waals surface area contributed by atoms with Crippen molar-refractivity contribution in [2.45, 2.75) is 18.4 Å². The van der Waals surface area contributed by atoms with Crippen molar-refractivity contribution in [3.8, 4) is 11.5 Å². The molecule has 3 heterocycles. The molecule has 2 N–H and O–H groups in total. The Morgan fingerprint density at radius 3 is 2.85 bits per heavy atom. The molecule has 20 heavy (non-hydrogen) atoms. The number of rotatable bonds is 3. The lowest BCUT2D eigenvalue weighted by Crippen LogP contribution is -2.36. The van der Waals surface area contributed by atoms with E-state index in [4.69, 9.17) is 19.7 Å². The molecule has 0 unspecified atom stereocenters. The molecule has 1 aliphatic rings. The third-order valence-electron chi connectivity index (χ3n) is 3.61. The molecule has 106 valence electrons. The van der Waals surface area contributed by atoms with Crippen LogP contribution in [-0.2, 0) is 15.1 Å². The van der Waals surface area contributed by atoms with Crippen LogP contribution in [0.5, 0.6) is 0 Å². The molecule has 0 atom stereocenters. The van der Waals surface area contributed by atoms with Crippen LogP contribution in [0.2, 0.25) is 0 Å². The van der Waals surface area contributed by atoms with E-state index in [1.165, 1.54) is 0 Å². The van der Waals surface area contributed by atoms with Gasteiger partial charge in [-0.05, 0) is 6.07 Å². The standard InChI is InChI=1S/C13H16N4O3/c1-18-13(3-6-19-7-4-13)12-16-11(20-17-12)9-2-5-15-8-10(9)14/h2,5,8H,3-4,6-7,14H2,1H3. The lowest BCUT2D eigenvalue weighted by Gasteiger charge is -2.32. The van der Waals surface area contributed by atoms with Crippen LogP contribution in [0, 0.1) is 0 Å². The molecule has 1 saturated heterocycles. The van der Waals surface area contributed by atoms with Crippen molar-refractivity contribution >= 4 is 5.69 Å². The minimum atomic E-state index is -0.540. The van der Waals surface area contributed by atoms with Crippen LogP contribution in [0.25, 0.3) is 11.5 Å². The fourth-order valence-electron chi connectivity index (χ4n) is 2.34. The van der Waals surface area contributed by atoms with Gasteiger partial charge in [-0.2, -0.15) is 4.98 Å². The molecule has 0 amide bonds. The smallest absolute Gasteiger partial charge is 0.260 e. The number of hydrogen-bond donors (Lipinski definition) is 1. The van der Waals surface area contributed by atoms with Crippen LogP contribution in [0.3, 0.4) is 0 Å². The predicted octanol–water partition coefficient (Wildman–Crippen LogP) is 1.37. The summed E-state index contributed by atoms with van der Waals surface area (Å²) < 4.78 is 16.3. The van der Waals surface area contributed by atoms with Gasteiger partial charge in [0.2, 0.25) is 5.82 Å². The lowest BCUT2D eigenvalue weighted by molar-refractivity contribution is -0.101. The molecule has 0 aromatic carbocycles. The Balaban J connectivity index is 1.95. The zero-order valence-corrected chi connectivity index (χ0v) is 11.2. The van der Waals surface area contributed by atoms with Gasteiger partial charge in [0.25, 0.3) is 5.89 Å². The Labute approximate surface area is 116 Å². The summed E-state index contributed by atoms with van der Waals surface area (Å²) >= 11 is 0. The molecule has 1 fully saturated rings. The van der Waals surface area contributed by atoms with Crippen molar-refractivity contribution in [2.75, 3.05) is 26.1 Å². The monoisotopic (exact) mass is 276 g/mol. The van der Waals surface area contributed by atoms with Crippen LogP contribution in [-0.4, -0.2) is 35.4 Å². The summed E-state index contributed by atoms with van der Waals surface area (Å²) in [5, 5.41) is 4.06. The first-order chi connectivity index (χ1) is 9.75. The number of anilines is 1. The maximum absolute atomic E-state index is 5.86. The summed E-state index contributed by atoms with van der Waals surface area (Å²) in [5.74, 6) is 0.914. The van der Waals surface area contributed by atoms with Crippen LogP contribution in [0.4, 0.5) is 5.69 Å². The van der Waals surface area contributed by atoms with Crippen LogP contribution in [0.15, 0.2) is 23.0 Å². The van der Waals surface area contributed by atoms with Gasteiger partial charge in [-0.3, -0.25) is 4.98 Å². The summed E-state index contributed by atoms with van der Waals surface area (Å²) in [7, 11) is 1.65. The first-order valence-corrected chi connectivity index (χ1v) is 6.42. The van der Waals surface area contributed by atoms with E-state index in [1.54, 1.807) is 25.6 Å². The van der Waals surface area contributed by atoms with Crippen molar-refractivity contribution in [3.05, 3.63) is 24.3 Å². The molecule has 2 aromatic heterocycles. The highest BCUT2D eigenvalue weighted by atomic mass is 16.5. The van der Waals surface area contributed by atoms with E-state index in [0.717, 1.165) is 0 Å². The SMILES string of the molecule is COC1(c2noc(-c3ccncc3N)n2)CCOCC1. The minimum Gasteiger partial charge on any atom is -0.397 e. The number of nitrogens with zero attached hydrogens (tertiary/aromatic N) is 3. The molecule has 7 nitrogen and oxygen atoms in total. The Hall–Kier alpha value is -1.99. The summed E-state index contributed by atoms with van der Waals surface area (Å²) in [4.78, 5) is 8.38. The Kier molecular flexibility index (Phi) is 3.37. The number of nitrogens with two attached hydrogens (primary N) is 1. The Morgan fingerprint density at radius 2 is 2.15 bits per heavy atom. The van der Waals surface area contributed by atoms with Gasteiger partial charge in [0, 0.05) is 39.4 Å². The molecule has 3 rings (SSSR count). The van der Waals surface area contributed by atoms with Gasteiger partial charge in [-0.1, -0.05) is 5.16 Å². The molecule has 0 aliphatic carbocycles. The molecule has 0 spiro atoms. The first-order valence-electron chi connectivity index (χ1n) is 6.42. The molecular weight excluding hydrogens is 260 g/mol. The highest BCUT2D eigenvalue weighted by molar-refractivity contribution is 5.68. The van der Waals surface area contributed by atoms with Crippen molar-refractivity contribution in [3.63, 3.8) is 0 Å². The van der Waals surface area contributed by atoms with E-state index >= 15 is 0 Å². The van der Waals surface area contributed by atoms with E-state index in [-0.39, 0.29) is 0 Å². The summed E-state index contributed by atoms with van der Waals surface area (Å²) in [5.41, 5.74) is 6.50. The topological polar surface area (TPSA) is 96.3 Å². The molecule has 7 heteroatoms. The van der Waals surface area contributed by atoms with Crippen molar-refractivity contribution in [1.29, 1.82) is 0 Å². The van der Waals surface area contributed by atoms with Crippen molar-refractivity contribution < 1.29 is 14.0 Å². The fraction of sp³-hybridized carbons (Fsp3) is 0.462. The number of nitrogen functional groups attached to an aromatic ring is 1. The van der Waals surface area contributed by atoms with E-state index in [1.807, 2.05) is 0 Å². The van der Waals surface area contributed by atoms with E-state index in [0.29, 0.717) is 49.0 Å². The number of methoxy groups -OCH3 is 1. The minimum absolute atomic E-state index is 0.378. The van der Waals surface area contributed by atoms with Crippen molar-refractivity contribution in [2.24, 2.45) is 0 Å². The number of pyridine rings is 1. The average Bonchev–Trinajstić information content (AvgIpc) is 2.98. The molecule has 1 aliphatic heterocycles. The average molecular weight is 276 g/mol.